The standard InChI is InChI=1S/C12H20N2O3/c1-2-17-13-12(16)9-7-11(15)14(8-9)10-5-3-4-6-10/h9-10H,2-8H2,1H3,(H,13,16)/t9-/m0/s1. The number of rotatable bonds is 4. The molecule has 1 atom stereocenters. The molecule has 1 N–H and O–H groups in total. The number of amides is 2. The molecule has 1 heterocycles. The van der Waals surface area contributed by atoms with E-state index in [0.717, 1.165) is 12.8 Å². The zero-order chi connectivity index (χ0) is 12.3. The number of likely N-dealkylation sites (tertiary alicyclic amines) is 1. The highest BCUT2D eigenvalue weighted by Gasteiger charge is 2.38. The number of hydrogen-bond donors (Lipinski definition) is 1. The Hall–Kier alpha value is -1.10. The van der Waals surface area contributed by atoms with Crippen molar-refractivity contribution in [2.24, 2.45) is 5.92 Å². The van der Waals surface area contributed by atoms with Gasteiger partial charge >= 0.3 is 0 Å². The van der Waals surface area contributed by atoms with Crippen LogP contribution in [-0.4, -0.2) is 35.9 Å². The summed E-state index contributed by atoms with van der Waals surface area (Å²) in [7, 11) is 0. The fraction of sp³-hybridized carbons (Fsp3) is 0.833. The van der Waals surface area contributed by atoms with Gasteiger partial charge in [-0.05, 0) is 19.8 Å². The Morgan fingerprint density at radius 2 is 2.18 bits per heavy atom. The molecule has 1 saturated heterocycles. The maximum Gasteiger partial charge on any atom is 0.248 e. The van der Waals surface area contributed by atoms with Gasteiger partial charge in [0.25, 0.3) is 0 Å². The largest absolute Gasteiger partial charge is 0.339 e. The van der Waals surface area contributed by atoms with Gasteiger partial charge in [-0.2, -0.15) is 0 Å². The SMILES string of the molecule is CCONC(=O)[C@H]1CC(=O)N(C2CCCC2)C1. The van der Waals surface area contributed by atoms with Gasteiger partial charge in [0.1, 0.15) is 0 Å². The number of carbonyl (C=O) groups excluding carboxylic acids is 2. The Bertz CT molecular complexity index is 300. The molecule has 5 nitrogen and oxygen atoms in total. The monoisotopic (exact) mass is 240 g/mol. The van der Waals surface area contributed by atoms with Crippen molar-refractivity contribution in [2.45, 2.75) is 45.1 Å². The maximum atomic E-state index is 11.9. The molecule has 1 aliphatic carbocycles. The molecule has 2 rings (SSSR count). The second-order valence-electron chi connectivity index (χ2n) is 4.78. The van der Waals surface area contributed by atoms with Crippen LogP contribution in [0, 0.1) is 5.92 Å². The van der Waals surface area contributed by atoms with Gasteiger partial charge in [-0.15, -0.1) is 0 Å². The van der Waals surface area contributed by atoms with Crippen LogP contribution in [0.2, 0.25) is 0 Å². The molecular weight excluding hydrogens is 220 g/mol. The van der Waals surface area contributed by atoms with E-state index >= 15 is 0 Å². The smallest absolute Gasteiger partial charge is 0.248 e. The minimum atomic E-state index is -0.241. The van der Waals surface area contributed by atoms with E-state index in [1.165, 1.54) is 12.8 Å². The first-order valence-electron chi connectivity index (χ1n) is 6.43. The van der Waals surface area contributed by atoms with Crippen molar-refractivity contribution in [2.75, 3.05) is 13.2 Å². The molecule has 0 aromatic heterocycles. The van der Waals surface area contributed by atoms with Crippen molar-refractivity contribution in [3.05, 3.63) is 0 Å². The third kappa shape index (κ3) is 2.77. The Kier molecular flexibility index (Phi) is 3.99. The van der Waals surface area contributed by atoms with Crippen LogP contribution in [0.3, 0.4) is 0 Å². The van der Waals surface area contributed by atoms with E-state index in [2.05, 4.69) is 5.48 Å². The summed E-state index contributed by atoms with van der Waals surface area (Å²) in [6.45, 7) is 2.81. The second kappa shape index (κ2) is 5.49. The number of nitrogens with one attached hydrogen (secondary N) is 1. The predicted octanol–water partition coefficient (Wildman–Crippen LogP) is 0.845. The molecule has 0 aromatic rings. The van der Waals surface area contributed by atoms with Gasteiger partial charge in [-0.1, -0.05) is 12.8 Å². The van der Waals surface area contributed by atoms with Crippen LogP contribution in [0.4, 0.5) is 0 Å². The summed E-state index contributed by atoms with van der Waals surface area (Å²) in [5.41, 5.74) is 2.39. The van der Waals surface area contributed by atoms with Crippen molar-refractivity contribution < 1.29 is 14.4 Å². The first-order valence-corrected chi connectivity index (χ1v) is 6.43. The molecule has 0 radical (unpaired) electrons. The molecule has 0 unspecified atom stereocenters. The van der Waals surface area contributed by atoms with Crippen molar-refractivity contribution in [3.8, 4) is 0 Å². The highest BCUT2D eigenvalue weighted by molar-refractivity contribution is 5.89. The van der Waals surface area contributed by atoms with Crippen molar-refractivity contribution >= 4 is 11.8 Å². The lowest BCUT2D eigenvalue weighted by atomic mass is 10.1. The molecule has 5 heteroatoms. The first-order chi connectivity index (χ1) is 8.22. The Morgan fingerprint density at radius 3 is 2.82 bits per heavy atom. The minimum Gasteiger partial charge on any atom is -0.339 e. The van der Waals surface area contributed by atoms with Crippen LogP contribution < -0.4 is 5.48 Å². The van der Waals surface area contributed by atoms with Crippen molar-refractivity contribution in [3.63, 3.8) is 0 Å². The lowest BCUT2D eigenvalue weighted by molar-refractivity contribution is -0.137. The fourth-order valence-corrected chi connectivity index (χ4v) is 2.70. The predicted molar refractivity (Wildman–Crippen MR) is 61.8 cm³/mol. The average molecular weight is 240 g/mol. The van der Waals surface area contributed by atoms with E-state index < -0.39 is 0 Å². The van der Waals surface area contributed by atoms with Gasteiger partial charge in [0.15, 0.2) is 0 Å². The zero-order valence-electron chi connectivity index (χ0n) is 10.3. The Balaban J connectivity index is 1.87. The molecular formula is C12H20N2O3. The van der Waals surface area contributed by atoms with E-state index in [1.54, 1.807) is 0 Å². The van der Waals surface area contributed by atoms with Crippen LogP contribution in [0.1, 0.15) is 39.0 Å². The van der Waals surface area contributed by atoms with E-state index in [-0.39, 0.29) is 17.7 Å². The van der Waals surface area contributed by atoms with Crippen LogP contribution in [-0.2, 0) is 14.4 Å². The molecule has 0 bridgehead atoms. The second-order valence-corrected chi connectivity index (χ2v) is 4.78. The van der Waals surface area contributed by atoms with E-state index in [9.17, 15) is 9.59 Å². The summed E-state index contributed by atoms with van der Waals surface area (Å²) in [6.07, 6.45) is 4.90. The molecule has 2 fully saturated rings. The molecule has 0 aromatic carbocycles. The van der Waals surface area contributed by atoms with Crippen LogP contribution >= 0.6 is 0 Å². The Labute approximate surface area is 101 Å². The van der Waals surface area contributed by atoms with E-state index in [4.69, 9.17) is 4.84 Å². The van der Waals surface area contributed by atoms with E-state index in [1.807, 2.05) is 11.8 Å². The fourth-order valence-electron chi connectivity index (χ4n) is 2.70. The summed E-state index contributed by atoms with van der Waals surface area (Å²) in [5, 5.41) is 0. The third-order valence-electron chi connectivity index (χ3n) is 3.61. The van der Waals surface area contributed by atoms with Gasteiger partial charge < -0.3 is 4.90 Å². The molecule has 96 valence electrons. The van der Waals surface area contributed by atoms with Crippen LogP contribution in [0.25, 0.3) is 0 Å². The number of hydrogen-bond acceptors (Lipinski definition) is 3. The summed E-state index contributed by atoms with van der Waals surface area (Å²) < 4.78 is 0. The average Bonchev–Trinajstić information content (AvgIpc) is 2.94. The number of hydroxylamine groups is 1. The summed E-state index contributed by atoms with van der Waals surface area (Å²) in [4.78, 5) is 30.3. The van der Waals surface area contributed by atoms with Gasteiger partial charge in [0, 0.05) is 19.0 Å². The van der Waals surface area contributed by atoms with Crippen molar-refractivity contribution in [1.29, 1.82) is 0 Å². The van der Waals surface area contributed by atoms with Crippen LogP contribution in [0.5, 0.6) is 0 Å². The molecule has 1 aliphatic heterocycles. The topological polar surface area (TPSA) is 58.6 Å². The molecule has 17 heavy (non-hydrogen) atoms. The molecule has 2 aliphatic rings. The molecule has 0 spiro atoms. The number of nitrogens with zero attached hydrogens (tertiary/aromatic N) is 1. The summed E-state index contributed by atoms with van der Waals surface area (Å²) in [5.74, 6) is -0.288. The van der Waals surface area contributed by atoms with Crippen molar-refractivity contribution in [1.82, 2.24) is 10.4 Å². The highest BCUT2D eigenvalue weighted by Crippen LogP contribution is 2.29. The van der Waals surface area contributed by atoms with Gasteiger partial charge in [0.2, 0.25) is 11.8 Å². The quantitative estimate of drug-likeness (QED) is 0.741. The number of carbonyl (C=O) groups is 2. The van der Waals surface area contributed by atoms with Gasteiger partial charge in [-0.25, -0.2) is 5.48 Å². The van der Waals surface area contributed by atoms with Gasteiger partial charge in [0.05, 0.1) is 12.5 Å². The summed E-state index contributed by atoms with van der Waals surface area (Å²) in [6, 6.07) is 0.368. The zero-order valence-corrected chi connectivity index (χ0v) is 10.3. The normalized spacial score (nSPS) is 25.6. The minimum absolute atomic E-state index is 0.119. The molecule has 1 saturated carbocycles. The van der Waals surface area contributed by atoms with E-state index in [0.29, 0.717) is 25.6 Å². The highest BCUT2D eigenvalue weighted by atomic mass is 16.6. The summed E-state index contributed by atoms with van der Waals surface area (Å²) >= 11 is 0. The van der Waals surface area contributed by atoms with Crippen LogP contribution in [0.15, 0.2) is 0 Å². The lowest BCUT2D eigenvalue weighted by Gasteiger charge is -2.23. The first kappa shape index (κ1) is 12.4. The molecule has 2 amide bonds. The van der Waals surface area contributed by atoms with Gasteiger partial charge in [-0.3, -0.25) is 14.4 Å². The lowest BCUT2D eigenvalue weighted by Crippen LogP contribution is -2.37. The maximum absolute atomic E-state index is 11.9. The Morgan fingerprint density at radius 1 is 1.47 bits per heavy atom. The third-order valence-corrected chi connectivity index (χ3v) is 3.61.